The van der Waals surface area contributed by atoms with Crippen molar-refractivity contribution < 1.29 is 9.53 Å². The molecule has 25 heavy (non-hydrogen) atoms. The van der Waals surface area contributed by atoms with Gasteiger partial charge in [-0.25, -0.2) is 9.97 Å². The molecule has 2 heterocycles. The van der Waals surface area contributed by atoms with Gasteiger partial charge in [0.15, 0.2) is 0 Å². The summed E-state index contributed by atoms with van der Waals surface area (Å²) in [6.07, 6.45) is 0.784. The van der Waals surface area contributed by atoms with Gasteiger partial charge in [0.05, 0.1) is 12.5 Å². The van der Waals surface area contributed by atoms with Gasteiger partial charge in [0.25, 0.3) is 0 Å². The van der Waals surface area contributed by atoms with Crippen molar-refractivity contribution in [3.8, 4) is 0 Å². The van der Waals surface area contributed by atoms with E-state index >= 15 is 0 Å². The fourth-order valence-corrected chi connectivity index (χ4v) is 2.62. The number of carbonyl (C=O) groups is 1. The van der Waals surface area contributed by atoms with Crippen LogP contribution in [0.5, 0.6) is 0 Å². The molecule has 1 aromatic carbocycles. The number of benzene rings is 1. The minimum absolute atomic E-state index is 0.0141. The van der Waals surface area contributed by atoms with Crippen molar-refractivity contribution in [3.05, 3.63) is 36.2 Å². The summed E-state index contributed by atoms with van der Waals surface area (Å²) in [6.45, 7) is 3.03. The van der Waals surface area contributed by atoms with Crippen LogP contribution in [0.25, 0.3) is 0 Å². The number of aromatic nitrogens is 2. The minimum Gasteiger partial charge on any atom is -0.381 e. The lowest BCUT2D eigenvalue weighted by Crippen LogP contribution is -2.22. The van der Waals surface area contributed by atoms with Crippen LogP contribution in [-0.4, -0.2) is 43.2 Å². The lowest BCUT2D eigenvalue weighted by Gasteiger charge is -2.14. The topological polar surface area (TPSA) is 79.4 Å². The van der Waals surface area contributed by atoms with Gasteiger partial charge in [-0.2, -0.15) is 0 Å². The number of carbonyl (C=O) groups excluding carboxylic acids is 1. The predicted octanol–water partition coefficient (Wildman–Crippen LogP) is 2.57. The molecular formula is C18H23N5O2. The van der Waals surface area contributed by atoms with Crippen molar-refractivity contribution in [1.29, 1.82) is 0 Å². The largest absolute Gasteiger partial charge is 0.381 e. The number of ether oxygens (including phenoxy) is 1. The highest BCUT2D eigenvalue weighted by atomic mass is 16.5. The zero-order valence-corrected chi connectivity index (χ0v) is 14.7. The summed E-state index contributed by atoms with van der Waals surface area (Å²) in [4.78, 5) is 22.8. The zero-order valence-electron chi connectivity index (χ0n) is 14.7. The second-order valence-electron chi connectivity index (χ2n) is 6.31. The maximum absolute atomic E-state index is 12.1. The highest BCUT2D eigenvalue weighted by Gasteiger charge is 2.23. The van der Waals surface area contributed by atoms with E-state index in [9.17, 15) is 4.79 Å². The van der Waals surface area contributed by atoms with Crippen molar-refractivity contribution in [2.45, 2.75) is 13.3 Å². The number of hydrogen-bond acceptors (Lipinski definition) is 6. The van der Waals surface area contributed by atoms with Crippen LogP contribution in [0.2, 0.25) is 0 Å². The van der Waals surface area contributed by atoms with E-state index in [0.717, 1.165) is 29.4 Å². The molecule has 1 fully saturated rings. The first-order valence-electron chi connectivity index (χ1n) is 8.30. The number of hydrogen-bond donors (Lipinski definition) is 2. The van der Waals surface area contributed by atoms with E-state index in [1.54, 1.807) is 0 Å². The summed E-state index contributed by atoms with van der Waals surface area (Å²) < 4.78 is 5.25. The standard InChI is InChI=1S/C18H23N5O2/c1-12-19-16(10-17(20-12)23(2)3)21-14-4-6-15(7-5-14)22-18(24)13-8-9-25-11-13/h4-7,10,13H,8-9,11H2,1-3H3,(H,22,24)(H,19,20,21). The summed E-state index contributed by atoms with van der Waals surface area (Å²) in [5.74, 6) is 2.25. The van der Waals surface area contributed by atoms with E-state index in [-0.39, 0.29) is 11.8 Å². The average molecular weight is 341 g/mol. The third kappa shape index (κ3) is 4.45. The fraction of sp³-hybridized carbons (Fsp3) is 0.389. The van der Waals surface area contributed by atoms with Crippen LogP contribution in [0, 0.1) is 12.8 Å². The summed E-state index contributed by atoms with van der Waals surface area (Å²) in [5, 5.41) is 6.19. The number of rotatable bonds is 5. The molecule has 2 N–H and O–H groups in total. The van der Waals surface area contributed by atoms with Gasteiger partial charge in [0.2, 0.25) is 5.91 Å². The number of nitrogens with one attached hydrogen (secondary N) is 2. The molecule has 1 aliphatic heterocycles. The Labute approximate surface area is 147 Å². The van der Waals surface area contributed by atoms with E-state index in [0.29, 0.717) is 19.0 Å². The predicted molar refractivity (Wildman–Crippen MR) is 98.4 cm³/mol. The molecule has 2 aromatic rings. The van der Waals surface area contributed by atoms with Crippen LogP contribution in [0.1, 0.15) is 12.2 Å². The van der Waals surface area contributed by atoms with Crippen LogP contribution < -0.4 is 15.5 Å². The third-order valence-corrected chi connectivity index (χ3v) is 4.01. The molecule has 0 saturated carbocycles. The van der Waals surface area contributed by atoms with E-state index in [1.165, 1.54) is 0 Å². The van der Waals surface area contributed by atoms with Crippen LogP contribution >= 0.6 is 0 Å². The molecular weight excluding hydrogens is 318 g/mol. The van der Waals surface area contributed by atoms with Crippen molar-refractivity contribution >= 4 is 28.9 Å². The average Bonchev–Trinajstić information content (AvgIpc) is 3.11. The molecule has 7 heteroatoms. The SMILES string of the molecule is Cc1nc(Nc2ccc(NC(=O)C3CCOC3)cc2)cc(N(C)C)n1. The molecule has 0 radical (unpaired) electrons. The molecule has 0 spiro atoms. The summed E-state index contributed by atoms with van der Waals surface area (Å²) >= 11 is 0. The van der Waals surface area contributed by atoms with Gasteiger partial charge >= 0.3 is 0 Å². The van der Waals surface area contributed by atoms with Crippen molar-refractivity contribution in [1.82, 2.24) is 9.97 Å². The summed E-state index contributed by atoms with van der Waals surface area (Å²) in [5.41, 5.74) is 1.67. The third-order valence-electron chi connectivity index (χ3n) is 4.01. The first kappa shape index (κ1) is 17.2. The molecule has 1 aromatic heterocycles. The molecule has 1 unspecified atom stereocenters. The number of aryl methyl sites for hydroxylation is 1. The van der Waals surface area contributed by atoms with Gasteiger partial charge in [-0.3, -0.25) is 4.79 Å². The van der Waals surface area contributed by atoms with E-state index in [1.807, 2.05) is 56.3 Å². The van der Waals surface area contributed by atoms with E-state index < -0.39 is 0 Å². The van der Waals surface area contributed by atoms with Gasteiger partial charge in [0, 0.05) is 38.1 Å². The van der Waals surface area contributed by atoms with Gasteiger partial charge in [-0.1, -0.05) is 0 Å². The Hall–Kier alpha value is -2.67. The molecule has 1 aliphatic rings. The Balaban J connectivity index is 1.65. The maximum Gasteiger partial charge on any atom is 0.229 e. The highest BCUT2D eigenvalue weighted by Crippen LogP contribution is 2.21. The normalized spacial score (nSPS) is 16.5. The molecule has 132 valence electrons. The number of amides is 1. The van der Waals surface area contributed by atoms with Gasteiger partial charge < -0.3 is 20.3 Å². The first-order valence-corrected chi connectivity index (χ1v) is 8.30. The molecule has 7 nitrogen and oxygen atoms in total. The Morgan fingerprint density at radius 2 is 1.92 bits per heavy atom. The van der Waals surface area contributed by atoms with Crippen molar-refractivity contribution in [2.75, 3.05) is 42.8 Å². The second-order valence-corrected chi connectivity index (χ2v) is 6.31. The van der Waals surface area contributed by atoms with E-state index in [4.69, 9.17) is 4.74 Å². The molecule has 1 amide bonds. The lowest BCUT2D eigenvalue weighted by molar-refractivity contribution is -0.119. The Morgan fingerprint density at radius 3 is 2.56 bits per heavy atom. The van der Waals surface area contributed by atoms with Gasteiger partial charge in [0.1, 0.15) is 17.5 Å². The minimum atomic E-state index is -0.0498. The lowest BCUT2D eigenvalue weighted by atomic mass is 10.1. The quantitative estimate of drug-likeness (QED) is 0.870. The van der Waals surface area contributed by atoms with Crippen LogP contribution in [0.4, 0.5) is 23.0 Å². The monoisotopic (exact) mass is 341 g/mol. The van der Waals surface area contributed by atoms with Crippen molar-refractivity contribution in [3.63, 3.8) is 0 Å². The van der Waals surface area contributed by atoms with Crippen molar-refractivity contribution in [2.24, 2.45) is 5.92 Å². The summed E-state index contributed by atoms with van der Waals surface area (Å²) in [6, 6.07) is 9.46. The molecule has 1 saturated heterocycles. The smallest absolute Gasteiger partial charge is 0.229 e. The highest BCUT2D eigenvalue weighted by molar-refractivity contribution is 5.93. The van der Waals surface area contributed by atoms with Crippen LogP contribution in [0.3, 0.4) is 0 Å². The molecule has 3 rings (SSSR count). The van der Waals surface area contributed by atoms with Gasteiger partial charge in [-0.05, 0) is 37.6 Å². The molecule has 0 bridgehead atoms. The fourth-order valence-electron chi connectivity index (χ4n) is 2.62. The Morgan fingerprint density at radius 1 is 1.20 bits per heavy atom. The van der Waals surface area contributed by atoms with E-state index in [2.05, 4.69) is 20.6 Å². The van der Waals surface area contributed by atoms with Crippen LogP contribution in [-0.2, 0) is 9.53 Å². The Kier molecular flexibility index (Phi) is 5.14. The second kappa shape index (κ2) is 7.48. The molecule has 1 atom stereocenters. The van der Waals surface area contributed by atoms with Crippen LogP contribution in [0.15, 0.2) is 30.3 Å². The zero-order chi connectivity index (χ0) is 17.8. The maximum atomic E-state index is 12.1. The number of anilines is 4. The van der Waals surface area contributed by atoms with Gasteiger partial charge in [-0.15, -0.1) is 0 Å². The summed E-state index contributed by atoms with van der Waals surface area (Å²) in [7, 11) is 3.89. The Bertz CT molecular complexity index is 740. The number of nitrogens with zero attached hydrogens (tertiary/aromatic N) is 3. The molecule has 0 aliphatic carbocycles. The first-order chi connectivity index (χ1) is 12.0.